The second kappa shape index (κ2) is 6.34. The molecule has 0 unspecified atom stereocenters. The van der Waals surface area contributed by atoms with E-state index in [4.69, 9.17) is 14.6 Å². The van der Waals surface area contributed by atoms with E-state index in [-0.39, 0.29) is 11.5 Å². The molecule has 0 spiro atoms. The first-order valence-electron chi connectivity index (χ1n) is 5.30. The summed E-state index contributed by atoms with van der Waals surface area (Å²) in [7, 11) is 0. The Bertz CT molecular complexity index is 544. The molecular weight excluding hydrogens is 252 g/mol. The minimum atomic E-state index is -1.15. The highest BCUT2D eigenvalue weighted by molar-refractivity contribution is 5.86. The van der Waals surface area contributed by atoms with Crippen LogP contribution in [-0.2, 0) is 14.4 Å². The second-order valence-corrected chi connectivity index (χ2v) is 3.56. The van der Waals surface area contributed by atoms with Crippen molar-refractivity contribution >= 4 is 24.0 Å². The molecule has 0 atom stereocenters. The lowest BCUT2D eigenvalue weighted by molar-refractivity contribution is -0.133. The van der Waals surface area contributed by atoms with E-state index in [1.807, 2.05) is 0 Å². The molecular formula is C13H12O6. The normalized spacial score (nSPS) is 10.2. The number of carbonyl (C=O) groups is 3. The largest absolute Gasteiger partial charge is 0.478 e. The van der Waals surface area contributed by atoms with Crippen LogP contribution in [0.3, 0.4) is 0 Å². The van der Waals surface area contributed by atoms with Crippen molar-refractivity contribution in [3.63, 3.8) is 0 Å². The Labute approximate surface area is 109 Å². The number of hydrogen-bond donors (Lipinski definition) is 1. The van der Waals surface area contributed by atoms with Gasteiger partial charge in [0, 0.05) is 25.5 Å². The Morgan fingerprint density at radius 1 is 1.11 bits per heavy atom. The van der Waals surface area contributed by atoms with E-state index in [1.54, 1.807) is 0 Å². The highest BCUT2D eigenvalue weighted by atomic mass is 16.5. The summed E-state index contributed by atoms with van der Waals surface area (Å²) in [6, 6.07) is 4.26. The predicted octanol–water partition coefficient (Wildman–Crippen LogP) is 1.64. The topological polar surface area (TPSA) is 89.9 Å². The van der Waals surface area contributed by atoms with Crippen molar-refractivity contribution in [1.82, 2.24) is 0 Å². The predicted molar refractivity (Wildman–Crippen MR) is 65.7 cm³/mol. The Hall–Kier alpha value is -2.63. The Kier molecular flexibility index (Phi) is 4.82. The van der Waals surface area contributed by atoms with Gasteiger partial charge in [-0.05, 0) is 24.3 Å². The van der Waals surface area contributed by atoms with Crippen molar-refractivity contribution in [1.29, 1.82) is 0 Å². The lowest BCUT2D eigenvalue weighted by Crippen LogP contribution is -2.05. The molecule has 0 aliphatic carbocycles. The van der Waals surface area contributed by atoms with Gasteiger partial charge >= 0.3 is 17.9 Å². The van der Waals surface area contributed by atoms with E-state index in [0.29, 0.717) is 5.56 Å². The molecule has 1 rings (SSSR count). The van der Waals surface area contributed by atoms with Crippen LogP contribution in [0.2, 0.25) is 0 Å². The summed E-state index contributed by atoms with van der Waals surface area (Å²) in [5, 5.41) is 8.58. The molecule has 0 fully saturated rings. The summed E-state index contributed by atoms with van der Waals surface area (Å²) >= 11 is 0. The lowest BCUT2D eigenvalue weighted by atomic mass is 10.1. The number of ether oxygens (including phenoxy) is 2. The Morgan fingerprint density at radius 3 is 2.26 bits per heavy atom. The zero-order chi connectivity index (χ0) is 14.4. The molecule has 0 aliphatic rings. The van der Waals surface area contributed by atoms with Gasteiger partial charge in [-0.3, -0.25) is 9.59 Å². The zero-order valence-electron chi connectivity index (χ0n) is 10.4. The molecule has 0 amide bonds. The van der Waals surface area contributed by atoms with Crippen molar-refractivity contribution in [3.05, 3.63) is 29.8 Å². The van der Waals surface area contributed by atoms with Crippen LogP contribution >= 0.6 is 0 Å². The molecule has 1 aromatic carbocycles. The quantitative estimate of drug-likeness (QED) is 0.505. The average Bonchev–Trinajstić information content (AvgIpc) is 2.27. The first-order chi connectivity index (χ1) is 8.88. The van der Waals surface area contributed by atoms with Gasteiger partial charge in [-0.1, -0.05) is 0 Å². The van der Waals surface area contributed by atoms with Gasteiger partial charge in [-0.15, -0.1) is 0 Å². The van der Waals surface area contributed by atoms with Crippen molar-refractivity contribution in [2.24, 2.45) is 0 Å². The van der Waals surface area contributed by atoms with Crippen LogP contribution < -0.4 is 9.47 Å². The minimum Gasteiger partial charge on any atom is -0.478 e. The summed E-state index contributed by atoms with van der Waals surface area (Å²) < 4.78 is 9.77. The highest BCUT2D eigenvalue weighted by Gasteiger charge is 2.07. The lowest BCUT2D eigenvalue weighted by Gasteiger charge is -2.08. The molecule has 100 valence electrons. The number of carboxylic acid groups (broad SMARTS) is 1. The molecule has 0 saturated heterocycles. The fourth-order valence-corrected chi connectivity index (χ4v) is 1.30. The number of hydrogen-bond acceptors (Lipinski definition) is 5. The van der Waals surface area contributed by atoms with E-state index < -0.39 is 17.9 Å². The van der Waals surface area contributed by atoms with E-state index in [9.17, 15) is 14.4 Å². The van der Waals surface area contributed by atoms with E-state index in [2.05, 4.69) is 0 Å². The molecule has 0 aromatic heterocycles. The third-order valence-electron chi connectivity index (χ3n) is 1.90. The SMILES string of the molecule is CC(=O)Oc1ccc(OC(C)=O)c(/C=C/C(=O)O)c1. The number of rotatable bonds is 4. The van der Waals surface area contributed by atoms with Crippen molar-refractivity contribution in [2.45, 2.75) is 13.8 Å². The molecule has 0 aliphatic heterocycles. The van der Waals surface area contributed by atoms with Crippen LogP contribution in [0.4, 0.5) is 0 Å². The maximum absolute atomic E-state index is 10.9. The van der Waals surface area contributed by atoms with Crippen LogP contribution in [0, 0.1) is 0 Å². The first-order valence-corrected chi connectivity index (χ1v) is 5.30. The molecule has 0 saturated carbocycles. The van der Waals surface area contributed by atoms with Gasteiger partial charge in [0.1, 0.15) is 11.5 Å². The fourth-order valence-electron chi connectivity index (χ4n) is 1.30. The molecule has 6 nitrogen and oxygen atoms in total. The molecule has 0 bridgehead atoms. The third-order valence-corrected chi connectivity index (χ3v) is 1.90. The summed E-state index contributed by atoms with van der Waals surface area (Å²) in [4.78, 5) is 32.2. The Balaban J connectivity index is 3.13. The van der Waals surface area contributed by atoms with Crippen LogP contribution in [0.25, 0.3) is 6.08 Å². The summed E-state index contributed by atoms with van der Waals surface area (Å²) in [5.74, 6) is -1.78. The zero-order valence-corrected chi connectivity index (χ0v) is 10.4. The fraction of sp³-hybridized carbons (Fsp3) is 0.154. The van der Waals surface area contributed by atoms with Gasteiger partial charge in [0.05, 0.1) is 0 Å². The summed E-state index contributed by atoms with van der Waals surface area (Å²) in [6.07, 6.45) is 2.13. The van der Waals surface area contributed by atoms with Crippen molar-refractivity contribution in [2.75, 3.05) is 0 Å². The van der Waals surface area contributed by atoms with Crippen LogP contribution in [0.5, 0.6) is 11.5 Å². The number of esters is 2. The number of carbonyl (C=O) groups excluding carboxylic acids is 2. The third kappa shape index (κ3) is 5.03. The first kappa shape index (κ1) is 14.4. The van der Waals surface area contributed by atoms with Crippen molar-refractivity contribution in [3.8, 4) is 11.5 Å². The molecule has 19 heavy (non-hydrogen) atoms. The van der Waals surface area contributed by atoms with E-state index in [0.717, 1.165) is 6.08 Å². The molecule has 1 aromatic rings. The van der Waals surface area contributed by atoms with E-state index in [1.165, 1.54) is 38.1 Å². The van der Waals surface area contributed by atoms with Crippen molar-refractivity contribution < 1.29 is 29.0 Å². The van der Waals surface area contributed by atoms with Gasteiger partial charge in [0.25, 0.3) is 0 Å². The average molecular weight is 264 g/mol. The smallest absolute Gasteiger partial charge is 0.328 e. The number of aliphatic carboxylic acids is 1. The van der Waals surface area contributed by atoms with Gasteiger partial charge in [0.2, 0.25) is 0 Å². The summed E-state index contributed by atoms with van der Waals surface area (Å²) in [5.41, 5.74) is 0.316. The van der Waals surface area contributed by atoms with Gasteiger partial charge in [-0.2, -0.15) is 0 Å². The molecule has 1 N–H and O–H groups in total. The molecule has 6 heteroatoms. The van der Waals surface area contributed by atoms with Gasteiger partial charge in [-0.25, -0.2) is 4.79 Å². The van der Waals surface area contributed by atoms with Crippen LogP contribution in [0.15, 0.2) is 24.3 Å². The minimum absolute atomic E-state index is 0.181. The summed E-state index contributed by atoms with van der Waals surface area (Å²) in [6.45, 7) is 2.47. The second-order valence-electron chi connectivity index (χ2n) is 3.56. The highest BCUT2D eigenvalue weighted by Crippen LogP contribution is 2.26. The maximum atomic E-state index is 10.9. The molecule has 0 heterocycles. The maximum Gasteiger partial charge on any atom is 0.328 e. The van der Waals surface area contributed by atoms with E-state index >= 15 is 0 Å². The van der Waals surface area contributed by atoms with Crippen LogP contribution in [0.1, 0.15) is 19.4 Å². The van der Waals surface area contributed by atoms with Gasteiger partial charge in [0.15, 0.2) is 0 Å². The van der Waals surface area contributed by atoms with Crippen LogP contribution in [-0.4, -0.2) is 23.0 Å². The monoisotopic (exact) mass is 264 g/mol. The standard InChI is InChI=1S/C13H12O6/c1-8(14)18-11-4-5-12(19-9(2)15)10(7-11)3-6-13(16)17/h3-7H,1-2H3,(H,16,17)/b6-3+. The van der Waals surface area contributed by atoms with Gasteiger partial charge < -0.3 is 14.6 Å². The number of carboxylic acids is 1. The number of benzene rings is 1. The Morgan fingerprint density at radius 2 is 1.74 bits per heavy atom. The molecule has 0 radical (unpaired) electrons.